The van der Waals surface area contributed by atoms with Crippen LogP contribution >= 0.6 is 0 Å². The van der Waals surface area contributed by atoms with Crippen molar-refractivity contribution in [2.45, 2.75) is 6.92 Å². The van der Waals surface area contributed by atoms with E-state index < -0.39 is 11.9 Å². The summed E-state index contributed by atoms with van der Waals surface area (Å²) < 4.78 is 10.5. The summed E-state index contributed by atoms with van der Waals surface area (Å²) in [4.78, 5) is 28.8. The van der Waals surface area contributed by atoms with Gasteiger partial charge in [0.25, 0.3) is 0 Å². The Kier molecular flexibility index (Phi) is 4.52. The number of para-hydroxylation sites is 1. The molecule has 0 aliphatic carbocycles. The molecule has 5 nitrogen and oxygen atoms in total. The van der Waals surface area contributed by atoms with Crippen LogP contribution in [0.3, 0.4) is 0 Å². The van der Waals surface area contributed by atoms with E-state index in [1.807, 2.05) is 18.2 Å². The molecule has 2 aromatic carbocycles. The summed E-state index contributed by atoms with van der Waals surface area (Å²) in [7, 11) is 0. The minimum atomic E-state index is -0.628. The van der Waals surface area contributed by atoms with Crippen LogP contribution in [-0.2, 0) is 4.74 Å². The van der Waals surface area contributed by atoms with Crippen LogP contribution < -0.4 is 4.74 Å². The van der Waals surface area contributed by atoms with Gasteiger partial charge in [0.05, 0.1) is 17.7 Å². The molecule has 5 heteroatoms. The Morgan fingerprint density at radius 1 is 0.917 bits per heavy atom. The zero-order chi connectivity index (χ0) is 16.9. The number of fused-ring (bicyclic) bond motifs is 1. The van der Waals surface area contributed by atoms with Crippen LogP contribution in [0.4, 0.5) is 0 Å². The predicted molar refractivity (Wildman–Crippen MR) is 89.1 cm³/mol. The molecule has 0 radical (unpaired) electrons. The molecule has 0 unspecified atom stereocenters. The van der Waals surface area contributed by atoms with Gasteiger partial charge in [-0.3, -0.25) is 4.98 Å². The van der Waals surface area contributed by atoms with Crippen LogP contribution in [0.2, 0.25) is 0 Å². The van der Waals surface area contributed by atoms with Crippen LogP contribution in [0.1, 0.15) is 27.6 Å². The number of aromatic nitrogens is 1. The molecule has 0 aliphatic rings. The van der Waals surface area contributed by atoms with Crippen LogP contribution in [0.25, 0.3) is 10.9 Å². The van der Waals surface area contributed by atoms with Crippen molar-refractivity contribution in [3.8, 4) is 5.75 Å². The van der Waals surface area contributed by atoms with E-state index in [9.17, 15) is 9.59 Å². The van der Waals surface area contributed by atoms with Crippen molar-refractivity contribution in [1.82, 2.24) is 4.98 Å². The maximum atomic E-state index is 12.5. The summed E-state index contributed by atoms with van der Waals surface area (Å²) in [5.74, 6) is -0.838. The number of nitrogens with zero attached hydrogens (tertiary/aromatic N) is 1. The first kappa shape index (κ1) is 15.7. The third-order valence-electron chi connectivity index (χ3n) is 3.44. The summed E-state index contributed by atoms with van der Waals surface area (Å²) in [5.41, 5.74) is 0.920. The number of hydrogen-bond donors (Lipinski definition) is 0. The minimum absolute atomic E-state index is 0.156. The van der Waals surface area contributed by atoms with E-state index in [1.54, 1.807) is 37.4 Å². The fourth-order valence-corrected chi connectivity index (χ4v) is 2.36. The molecule has 0 aliphatic heterocycles. The largest absolute Gasteiger partial charge is 0.462 e. The van der Waals surface area contributed by atoms with Crippen molar-refractivity contribution >= 4 is 22.8 Å². The second kappa shape index (κ2) is 6.91. The van der Waals surface area contributed by atoms with E-state index in [4.69, 9.17) is 9.47 Å². The van der Waals surface area contributed by atoms with Gasteiger partial charge in [-0.1, -0.05) is 30.3 Å². The van der Waals surface area contributed by atoms with E-state index in [0.29, 0.717) is 11.3 Å². The number of ether oxygens (including phenoxy) is 2. The Morgan fingerprint density at radius 3 is 2.38 bits per heavy atom. The van der Waals surface area contributed by atoms with Crippen LogP contribution in [0, 0.1) is 0 Å². The van der Waals surface area contributed by atoms with Crippen LogP contribution in [-0.4, -0.2) is 23.5 Å². The molecule has 0 saturated carbocycles. The number of hydrogen-bond acceptors (Lipinski definition) is 5. The average molecular weight is 321 g/mol. The maximum absolute atomic E-state index is 12.5. The predicted octanol–water partition coefficient (Wildman–Crippen LogP) is 3.63. The Labute approximate surface area is 138 Å². The quantitative estimate of drug-likeness (QED) is 0.542. The van der Waals surface area contributed by atoms with E-state index in [2.05, 4.69) is 4.98 Å². The lowest BCUT2D eigenvalue weighted by molar-refractivity contribution is 0.0517. The lowest BCUT2D eigenvalue weighted by Gasteiger charge is -2.10. The Hall–Kier alpha value is -3.21. The molecular formula is C19H15NO4. The molecule has 3 aromatic rings. The number of carbonyl (C=O) groups is 2. The van der Waals surface area contributed by atoms with Gasteiger partial charge < -0.3 is 9.47 Å². The SMILES string of the molecule is CCOC(=O)c1ccccc1C(=O)Oc1cccc2cccnc12. The molecule has 0 spiro atoms. The molecule has 3 rings (SSSR count). The Morgan fingerprint density at radius 2 is 1.62 bits per heavy atom. The fraction of sp³-hybridized carbons (Fsp3) is 0.105. The Balaban J connectivity index is 1.94. The average Bonchev–Trinajstić information content (AvgIpc) is 2.62. The molecule has 0 fully saturated rings. The topological polar surface area (TPSA) is 65.5 Å². The molecule has 0 bridgehead atoms. The Bertz CT molecular complexity index is 899. The van der Waals surface area contributed by atoms with E-state index >= 15 is 0 Å². The lowest BCUT2D eigenvalue weighted by Crippen LogP contribution is -2.16. The zero-order valence-electron chi connectivity index (χ0n) is 13.1. The van der Waals surface area contributed by atoms with Crippen LogP contribution in [0.5, 0.6) is 5.75 Å². The maximum Gasteiger partial charge on any atom is 0.344 e. The number of rotatable bonds is 4. The highest BCUT2D eigenvalue weighted by Gasteiger charge is 2.20. The third kappa shape index (κ3) is 3.10. The normalized spacial score (nSPS) is 10.4. The van der Waals surface area contributed by atoms with Gasteiger partial charge in [0.15, 0.2) is 5.75 Å². The second-order valence-corrected chi connectivity index (χ2v) is 4.99. The summed E-state index contributed by atoms with van der Waals surface area (Å²) in [6.07, 6.45) is 1.63. The highest BCUT2D eigenvalue weighted by Crippen LogP contribution is 2.24. The molecule has 0 atom stereocenters. The van der Waals surface area contributed by atoms with Gasteiger partial charge in [0.2, 0.25) is 0 Å². The van der Waals surface area contributed by atoms with Gasteiger partial charge >= 0.3 is 11.9 Å². The molecule has 0 saturated heterocycles. The standard InChI is InChI=1S/C19H15NO4/c1-2-23-18(21)14-9-3-4-10-15(14)19(22)24-16-11-5-7-13-8-6-12-20-17(13)16/h3-12H,2H2,1H3. The summed E-state index contributed by atoms with van der Waals surface area (Å²) >= 11 is 0. The highest BCUT2D eigenvalue weighted by atomic mass is 16.5. The van der Waals surface area contributed by atoms with Crippen molar-refractivity contribution < 1.29 is 19.1 Å². The minimum Gasteiger partial charge on any atom is -0.462 e. The number of benzene rings is 2. The second-order valence-electron chi connectivity index (χ2n) is 4.99. The van der Waals surface area contributed by atoms with Crippen molar-refractivity contribution in [2.75, 3.05) is 6.61 Å². The zero-order valence-corrected chi connectivity index (χ0v) is 13.1. The summed E-state index contributed by atoms with van der Waals surface area (Å²) in [6, 6.07) is 15.4. The van der Waals surface area contributed by atoms with Gasteiger partial charge in [-0.05, 0) is 31.2 Å². The number of esters is 2. The first-order valence-corrected chi connectivity index (χ1v) is 7.52. The van der Waals surface area contributed by atoms with Gasteiger partial charge in [-0.2, -0.15) is 0 Å². The molecule has 24 heavy (non-hydrogen) atoms. The third-order valence-corrected chi connectivity index (χ3v) is 3.44. The molecule has 120 valence electrons. The van der Waals surface area contributed by atoms with Gasteiger partial charge in [-0.25, -0.2) is 9.59 Å². The highest BCUT2D eigenvalue weighted by molar-refractivity contribution is 6.04. The van der Waals surface area contributed by atoms with E-state index in [0.717, 1.165) is 5.39 Å². The van der Waals surface area contributed by atoms with E-state index in [-0.39, 0.29) is 17.7 Å². The van der Waals surface area contributed by atoms with Crippen LogP contribution in [0.15, 0.2) is 60.8 Å². The molecule has 0 amide bonds. The van der Waals surface area contributed by atoms with Gasteiger partial charge in [-0.15, -0.1) is 0 Å². The fourth-order valence-electron chi connectivity index (χ4n) is 2.36. The summed E-state index contributed by atoms with van der Waals surface area (Å²) in [6.45, 7) is 1.94. The van der Waals surface area contributed by atoms with E-state index in [1.165, 1.54) is 12.1 Å². The van der Waals surface area contributed by atoms with Crippen molar-refractivity contribution in [3.05, 3.63) is 71.9 Å². The smallest absolute Gasteiger partial charge is 0.344 e. The van der Waals surface area contributed by atoms with Crippen molar-refractivity contribution in [1.29, 1.82) is 0 Å². The first-order valence-electron chi connectivity index (χ1n) is 7.52. The molecule has 0 N–H and O–H groups in total. The van der Waals surface area contributed by atoms with Gasteiger partial charge in [0.1, 0.15) is 5.52 Å². The lowest BCUT2D eigenvalue weighted by atomic mass is 10.1. The summed E-state index contributed by atoms with van der Waals surface area (Å²) in [5, 5.41) is 0.862. The van der Waals surface area contributed by atoms with Crippen molar-refractivity contribution in [3.63, 3.8) is 0 Å². The monoisotopic (exact) mass is 321 g/mol. The molecule has 1 aromatic heterocycles. The first-order chi connectivity index (χ1) is 11.7. The molecule has 1 heterocycles. The molecular weight excluding hydrogens is 306 g/mol. The van der Waals surface area contributed by atoms with Crippen molar-refractivity contribution in [2.24, 2.45) is 0 Å². The number of pyridine rings is 1. The number of carbonyl (C=O) groups excluding carboxylic acids is 2. The van der Waals surface area contributed by atoms with Gasteiger partial charge in [0, 0.05) is 11.6 Å².